The van der Waals surface area contributed by atoms with E-state index in [-0.39, 0.29) is 5.78 Å². The summed E-state index contributed by atoms with van der Waals surface area (Å²) in [6.07, 6.45) is 2.57. The van der Waals surface area contributed by atoms with E-state index in [0.29, 0.717) is 28.0 Å². The number of aromatic nitrogens is 2. The molecule has 1 aromatic carbocycles. The first-order valence-electron chi connectivity index (χ1n) is 6.49. The van der Waals surface area contributed by atoms with Crippen LogP contribution in [0.1, 0.15) is 35.0 Å². The molecule has 0 spiro atoms. The Labute approximate surface area is 126 Å². The first-order chi connectivity index (χ1) is 9.58. The van der Waals surface area contributed by atoms with E-state index >= 15 is 0 Å². The molecule has 0 aliphatic rings. The Morgan fingerprint density at radius 3 is 2.85 bits per heavy atom. The third-order valence-corrected chi connectivity index (χ3v) is 3.63. The summed E-state index contributed by atoms with van der Waals surface area (Å²) in [6.45, 7) is 4.73. The molecule has 0 radical (unpaired) electrons. The number of rotatable bonds is 5. The maximum Gasteiger partial charge on any atom is 0.215 e. The van der Waals surface area contributed by atoms with Gasteiger partial charge in [0, 0.05) is 6.54 Å². The number of carbonyl (C=O) groups is 1. The Balaban J connectivity index is 2.49. The molecule has 0 atom stereocenters. The molecule has 4 nitrogen and oxygen atoms in total. The van der Waals surface area contributed by atoms with Crippen LogP contribution in [0.25, 0.3) is 0 Å². The zero-order valence-electron chi connectivity index (χ0n) is 11.8. The maximum atomic E-state index is 12.7. The van der Waals surface area contributed by atoms with Gasteiger partial charge in [-0.2, -0.15) is 5.10 Å². The molecule has 0 unspecified atom stereocenters. The molecule has 0 aliphatic heterocycles. The predicted octanol–water partition coefficient (Wildman–Crippen LogP) is 3.60. The Morgan fingerprint density at radius 1 is 1.45 bits per heavy atom. The van der Waals surface area contributed by atoms with E-state index in [2.05, 4.69) is 28.0 Å². The van der Waals surface area contributed by atoms with Crippen molar-refractivity contribution in [3.8, 4) is 5.75 Å². The van der Waals surface area contributed by atoms with E-state index in [1.54, 1.807) is 24.1 Å². The topological polar surface area (TPSA) is 44.1 Å². The summed E-state index contributed by atoms with van der Waals surface area (Å²) < 4.78 is 7.75. The second-order valence-corrected chi connectivity index (χ2v) is 5.45. The summed E-state index contributed by atoms with van der Waals surface area (Å²) in [6, 6.07) is 5.57. The largest absolute Gasteiger partial charge is 0.496 e. The van der Waals surface area contributed by atoms with Gasteiger partial charge in [0.2, 0.25) is 5.78 Å². The maximum absolute atomic E-state index is 12.7. The van der Waals surface area contributed by atoms with Crippen LogP contribution >= 0.6 is 15.9 Å². The quantitative estimate of drug-likeness (QED) is 0.783. The fraction of sp³-hybridized carbons (Fsp3) is 0.333. The summed E-state index contributed by atoms with van der Waals surface area (Å²) in [5.74, 6) is 0.505. The van der Waals surface area contributed by atoms with Crippen LogP contribution in [-0.2, 0) is 6.54 Å². The number of ether oxygens (including phenoxy) is 1. The van der Waals surface area contributed by atoms with Gasteiger partial charge in [0.1, 0.15) is 11.4 Å². The van der Waals surface area contributed by atoms with Crippen molar-refractivity contribution in [2.24, 2.45) is 0 Å². The molecule has 106 valence electrons. The first-order valence-corrected chi connectivity index (χ1v) is 7.28. The number of carbonyl (C=O) groups excluding carboxylic acids is 1. The fourth-order valence-corrected chi connectivity index (χ4v) is 2.56. The third-order valence-electron chi connectivity index (χ3n) is 3.05. The van der Waals surface area contributed by atoms with Gasteiger partial charge < -0.3 is 4.74 Å². The molecule has 1 heterocycles. The molecule has 0 saturated carbocycles. The first kappa shape index (κ1) is 14.8. The normalized spacial score (nSPS) is 10.6. The number of halogens is 1. The molecule has 0 fully saturated rings. The molecule has 0 amide bonds. The van der Waals surface area contributed by atoms with Gasteiger partial charge in [-0.25, -0.2) is 0 Å². The van der Waals surface area contributed by atoms with Gasteiger partial charge in [0.05, 0.1) is 23.3 Å². The zero-order valence-corrected chi connectivity index (χ0v) is 13.4. The Kier molecular flexibility index (Phi) is 4.60. The van der Waals surface area contributed by atoms with Crippen LogP contribution in [0.5, 0.6) is 5.75 Å². The van der Waals surface area contributed by atoms with Gasteiger partial charge in [0.25, 0.3) is 0 Å². The van der Waals surface area contributed by atoms with Crippen molar-refractivity contribution in [3.05, 3.63) is 45.7 Å². The van der Waals surface area contributed by atoms with Crippen molar-refractivity contribution in [2.45, 2.75) is 26.8 Å². The molecule has 0 bridgehead atoms. The number of aryl methyl sites for hydroxylation is 2. The molecule has 0 aliphatic carbocycles. The highest BCUT2D eigenvalue weighted by molar-refractivity contribution is 9.10. The summed E-state index contributed by atoms with van der Waals surface area (Å²) in [7, 11) is 1.57. The Hall–Kier alpha value is -1.62. The molecular formula is C15H17BrN2O2. The second-order valence-electron chi connectivity index (χ2n) is 4.60. The third kappa shape index (κ3) is 2.77. The monoisotopic (exact) mass is 336 g/mol. The SMILES string of the molecule is CCCn1ncc(Br)c1C(=O)c1ccc(C)cc1OC. The van der Waals surface area contributed by atoms with E-state index < -0.39 is 0 Å². The summed E-state index contributed by atoms with van der Waals surface area (Å²) in [5.41, 5.74) is 2.17. The number of benzene rings is 1. The Morgan fingerprint density at radius 2 is 2.20 bits per heavy atom. The predicted molar refractivity (Wildman–Crippen MR) is 81.4 cm³/mol. The average molecular weight is 337 g/mol. The van der Waals surface area contributed by atoms with E-state index in [1.807, 2.05) is 19.1 Å². The molecule has 2 rings (SSSR count). The molecule has 0 saturated heterocycles. The van der Waals surface area contributed by atoms with Crippen LogP contribution in [0.15, 0.2) is 28.9 Å². The summed E-state index contributed by atoms with van der Waals surface area (Å²) >= 11 is 3.40. The van der Waals surface area contributed by atoms with E-state index in [9.17, 15) is 4.79 Å². The lowest BCUT2D eigenvalue weighted by molar-refractivity contribution is 0.102. The lowest BCUT2D eigenvalue weighted by Crippen LogP contribution is -2.13. The van der Waals surface area contributed by atoms with Crippen molar-refractivity contribution < 1.29 is 9.53 Å². The zero-order chi connectivity index (χ0) is 14.7. The van der Waals surface area contributed by atoms with E-state index in [0.717, 1.165) is 12.0 Å². The minimum Gasteiger partial charge on any atom is -0.496 e. The fourth-order valence-electron chi connectivity index (χ4n) is 2.08. The smallest absolute Gasteiger partial charge is 0.215 e. The minimum absolute atomic E-state index is 0.0836. The van der Waals surface area contributed by atoms with Gasteiger partial charge in [-0.3, -0.25) is 9.48 Å². The van der Waals surface area contributed by atoms with Gasteiger partial charge in [-0.05, 0) is 47.0 Å². The second kappa shape index (κ2) is 6.22. The van der Waals surface area contributed by atoms with Crippen molar-refractivity contribution in [1.82, 2.24) is 9.78 Å². The molecule has 20 heavy (non-hydrogen) atoms. The average Bonchev–Trinajstić information content (AvgIpc) is 2.79. The minimum atomic E-state index is -0.0836. The lowest BCUT2D eigenvalue weighted by Gasteiger charge is -2.10. The number of ketones is 1. The van der Waals surface area contributed by atoms with Gasteiger partial charge in [-0.15, -0.1) is 0 Å². The van der Waals surface area contributed by atoms with Gasteiger partial charge in [-0.1, -0.05) is 13.0 Å². The van der Waals surface area contributed by atoms with Crippen LogP contribution < -0.4 is 4.74 Å². The highest BCUT2D eigenvalue weighted by Crippen LogP contribution is 2.26. The van der Waals surface area contributed by atoms with E-state index in [4.69, 9.17) is 4.74 Å². The van der Waals surface area contributed by atoms with Crippen LogP contribution in [0.3, 0.4) is 0 Å². The van der Waals surface area contributed by atoms with Crippen LogP contribution in [0, 0.1) is 6.92 Å². The molecular weight excluding hydrogens is 320 g/mol. The van der Waals surface area contributed by atoms with Gasteiger partial charge >= 0.3 is 0 Å². The number of nitrogens with zero attached hydrogens (tertiary/aromatic N) is 2. The highest BCUT2D eigenvalue weighted by atomic mass is 79.9. The highest BCUT2D eigenvalue weighted by Gasteiger charge is 2.21. The number of hydrogen-bond donors (Lipinski definition) is 0. The number of hydrogen-bond acceptors (Lipinski definition) is 3. The molecule has 5 heteroatoms. The standard InChI is InChI=1S/C15H17BrN2O2/c1-4-7-18-14(12(16)9-17-18)15(19)11-6-5-10(2)8-13(11)20-3/h5-6,8-9H,4,7H2,1-3H3. The number of methoxy groups -OCH3 is 1. The van der Waals surface area contributed by atoms with Crippen LogP contribution in [0.4, 0.5) is 0 Å². The van der Waals surface area contributed by atoms with E-state index in [1.165, 1.54) is 0 Å². The summed E-state index contributed by atoms with van der Waals surface area (Å²) in [4.78, 5) is 12.7. The van der Waals surface area contributed by atoms with Gasteiger partial charge in [0.15, 0.2) is 0 Å². The lowest BCUT2D eigenvalue weighted by atomic mass is 10.0. The molecule has 2 aromatic rings. The van der Waals surface area contributed by atoms with Crippen LogP contribution in [0.2, 0.25) is 0 Å². The van der Waals surface area contributed by atoms with Crippen molar-refractivity contribution in [1.29, 1.82) is 0 Å². The van der Waals surface area contributed by atoms with Crippen LogP contribution in [-0.4, -0.2) is 22.7 Å². The molecule has 0 N–H and O–H groups in total. The van der Waals surface area contributed by atoms with Crippen molar-refractivity contribution >= 4 is 21.7 Å². The van der Waals surface area contributed by atoms with Crippen molar-refractivity contribution in [2.75, 3.05) is 7.11 Å². The summed E-state index contributed by atoms with van der Waals surface area (Å²) in [5, 5.41) is 4.23. The Bertz CT molecular complexity index is 635. The molecule has 1 aromatic heterocycles. The van der Waals surface area contributed by atoms with Crippen molar-refractivity contribution in [3.63, 3.8) is 0 Å².